The number of hydrogen-bond acceptors (Lipinski definition) is 6. The molecule has 0 atom stereocenters. The largest absolute Gasteiger partial charge is 0.396 e. The summed E-state index contributed by atoms with van der Waals surface area (Å²) < 4.78 is 44.1. The fourth-order valence-corrected chi connectivity index (χ4v) is 2.64. The van der Waals surface area contributed by atoms with Crippen LogP contribution in [0.3, 0.4) is 0 Å². The Bertz CT molecular complexity index is 731. The van der Waals surface area contributed by atoms with Crippen molar-refractivity contribution in [3.63, 3.8) is 0 Å². The first-order valence-electron chi connectivity index (χ1n) is 4.87. The minimum atomic E-state index is -4.26. The van der Waals surface area contributed by atoms with E-state index in [4.69, 9.17) is 17.3 Å². The number of anilines is 2. The van der Waals surface area contributed by atoms with Gasteiger partial charge in [0.1, 0.15) is 4.90 Å². The van der Waals surface area contributed by atoms with Gasteiger partial charge in [0.05, 0.1) is 5.69 Å². The summed E-state index contributed by atoms with van der Waals surface area (Å²) in [5.74, 6) is -0.878. The molecule has 10 heteroatoms. The smallest absolute Gasteiger partial charge is 0.335 e. The van der Waals surface area contributed by atoms with Crippen LogP contribution in [-0.4, -0.2) is 18.6 Å². The average Bonchev–Trinajstić information content (AvgIpc) is 2.68. The lowest BCUT2D eigenvalue weighted by Gasteiger charge is -2.07. The maximum Gasteiger partial charge on any atom is 0.335 e. The molecule has 0 unspecified atom stereocenters. The Hall–Kier alpha value is -1.87. The first-order valence-corrected chi connectivity index (χ1v) is 6.73. The SMILES string of the molecule is Cc1noc(NS(=O)(=O)c2cc(Cl)cc(N)c2F)n1. The van der Waals surface area contributed by atoms with Gasteiger partial charge >= 0.3 is 6.01 Å². The number of nitrogens with one attached hydrogen (secondary N) is 1. The zero-order chi connectivity index (χ0) is 14.2. The highest BCUT2D eigenvalue weighted by Gasteiger charge is 2.24. The van der Waals surface area contributed by atoms with E-state index in [9.17, 15) is 12.8 Å². The molecule has 1 heterocycles. The zero-order valence-electron chi connectivity index (χ0n) is 9.52. The number of nitrogen functional groups attached to an aromatic ring is 1. The van der Waals surface area contributed by atoms with Crippen molar-refractivity contribution in [2.45, 2.75) is 11.8 Å². The van der Waals surface area contributed by atoms with E-state index in [0.29, 0.717) is 0 Å². The van der Waals surface area contributed by atoms with E-state index in [-0.39, 0.29) is 22.5 Å². The number of benzene rings is 1. The molecule has 0 aliphatic rings. The molecule has 0 saturated carbocycles. The van der Waals surface area contributed by atoms with Crippen molar-refractivity contribution < 1.29 is 17.3 Å². The fourth-order valence-electron chi connectivity index (χ4n) is 1.29. The van der Waals surface area contributed by atoms with Crippen LogP contribution in [0.1, 0.15) is 5.82 Å². The Balaban J connectivity index is 2.45. The average molecular weight is 307 g/mol. The number of rotatable bonds is 3. The van der Waals surface area contributed by atoms with Crippen LogP contribution in [0.5, 0.6) is 0 Å². The van der Waals surface area contributed by atoms with Crippen LogP contribution < -0.4 is 10.5 Å². The van der Waals surface area contributed by atoms with Crippen LogP contribution in [0, 0.1) is 12.7 Å². The van der Waals surface area contributed by atoms with Gasteiger partial charge in [0.25, 0.3) is 10.0 Å². The van der Waals surface area contributed by atoms with Crippen molar-refractivity contribution in [3.8, 4) is 0 Å². The summed E-state index contributed by atoms with van der Waals surface area (Å²) >= 11 is 5.64. The summed E-state index contributed by atoms with van der Waals surface area (Å²) in [5.41, 5.74) is 4.93. The molecule has 0 bridgehead atoms. The summed E-state index contributed by atoms with van der Waals surface area (Å²) in [5, 5.41) is 3.38. The molecule has 0 spiro atoms. The Labute approximate surface area is 112 Å². The van der Waals surface area contributed by atoms with Gasteiger partial charge in [-0.15, -0.1) is 0 Å². The second-order valence-corrected chi connectivity index (χ2v) is 5.65. The molecular weight excluding hydrogens is 299 g/mol. The van der Waals surface area contributed by atoms with E-state index >= 15 is 0 Å². The lowest BCUT2D eigenvalue weighted by atomic mass is 10.3. The van der Waals surface area contributed by atoms with Gasteiger partial charge in [0.15, 0.2) is 11.6 Å². The number of aromatic nitrogens is 2. The van der Waals surface area contributed by atoms with Gasteiger partial charge in [-0.3, -0.25) is 0 Å². The lowest BCUT2D eigenvalue weighted by Crippen LogP contribution is -2.15. The number of nitrogens with two attached hydrogens (primary N) is 1. The highest BCUT2D eigenvalue weighted by Crippen LogP contribution is 2.26. The van der Waals surface area contributed by atoms with E-state index in [1.807, 2.05) is 4.72 Å². The van der Waals surface area contributed by atoms with Crippen LogP contribution >= 0.6 is 11.6 Å². The summed E-state index contributed by atoms with van der Waals surface area (Å²) in [7, 11) is -4.26. The molecule has 2 aromatic rings. The second kappa shape index (κ2) is 4.67. The first-order chi connectivity index (χ1) is 8.79. The lowest BCUT2D eigenvalue weighted by molar-refractivity contribution is 0.429. The van der Waals surface area contributed by atoms with E-state index in [1.54, 1.807) is 0 Å². The van der Waals surface area contributed by atoms with Crippen LogP contribution in [0.15, 0.2) is 21.6 Å². The standard InChI is InChI=1S/C9H8ClFN4O3S/c1-4-13-9(18-14-4)15-19(16,17)7-3-5(10)2-6(12)8(7)11/h2-3H,12H2,1H3,(H,13,14,15). The first kappa shape index (κ1) is 13.6. The van der Waals surface area contributed by atoms with Gasteiger partial charge < -0.3 is 10.3 Å². The highest BCUT2D eigenvalue weighted by molar-refractivity contribution is 7.92. The molecule has 19 heavy (non-hydrogen) atoms. The molecule has 2 rings (SSSR count). The van der Waals surface area contributed by atoms with Crippen molar-refractivity contribution in [1.82, 2.24) is 10.1 Å². The number of halogens is 2. The third-order valence-electron chi connectivity index (χ3n) is 2.07. The zero-order valence-corrected chi connectivity index (χ0v) is 11.1. The van der Waals surface area contributed by atoms with Crippen molar-refractivity contribution in [2.75, 3.05) is 10.5 Å². The molecule has 0 saturated heterocycles. The Morgan fingerprint density at radius 1 is 1.47 bits per heavy atom. The normalized spacial score (nSPS) is 11.5. The number of sulfonamides is 1. The van der Waals surface area contributed by atoms with Crippen molar-refractivity contribution in [3.05, 3.63) is 28.8 Å². The van der Waals surface area contributed by atoms with Crippen LogP contribution in [0.4, 0.5) is 16.1 Å². The Morgan fingerprint density at radius 2 is 2.16 bits per heavy atom. The summed E-state index contributed by atoms with van der Waals surface area (Å²) in [6.45, 7) is 1.50. The summed E-state index contributed by atoms with van der Waals surface area (Å²) in [6, 6.07) is 1.65. The molecule has 0 radical (unpaired) electrons. The molecule has 1 aromatic heterocycles. The predicted molar refractivity (Wildman–Crippen MR) is 65.7 cm³/mol. The second-order valence-electron chi connectivity index (χ2n) is 3.56. The molecule has 0 aliphatic carbocycles. The van der Waals surface area contributed by atoms with E-state index in [0.717, 1.165) is 12.1 Å². The third-order valence-corrected chi connectivity index (χ3v) is 3.61. The fraction of sp³-hybridized carbons (Fsp3) is 0.111. The van der Waals surface area contributed by atoms with Gasteiger partial charge in [-0.25, -0.2) is 17.5 Å². The van der Waals surface area contributed by atoms with Gasteiger partial charge in [-0.1, -0.05) is 16.8 Å². The molecule has 0 fully saturated rings. The maximum atomic E-state index is 13.7. The molecule has 0 aliphatic heterocycles. The monoisotopic (exact) mass is 306 g/mol. The van der Waals surface area contributed by atoms with Crippen LogP contribution in [0.2, 0.25) is 5.02 Å². The molecule has 1 aromatic carbocycles. The van der Waals surface area contributed by atoms with Gasteiger partial charge in [0.2, 0.25) is 0 Å². The number of aryl methyl sites for hydroxylation is 1. The highest BCUT2D eigenvalue weighted by atomic mass is 35.5. The van der Waals surface area contributed by atoms with Crippen LogP contribution in [-0.2, 0) is 10.0 Å². The molecule has 0 amide bonds. The minimum Gasteiger partial charge on any atom is -0.396 e. The van der Waals surface area contributed by atoms with Crippen molar-refractivity contribution in [2.24, 2.45) is 0 Å². The minimum absolute atomic E-state index is 0.0130. The topological polar surface area (TPSA) is 111 Å². The van der Waals surface area contributed by atoms with Crippen molar-refractivity contribution in [1.29, 1.82) is 0 Å². The van der Waals surface area contributed by atoms with E-state index in [1.165, 1.54) is 6.92 Å². The molecule has 102 valence electrons. The Morgan fingerprint density at radius 3 is 2.74 bits per heavy atom. The number of hydrogen-bond donors (Lipinski definition) is 2. The van der Waals surface area contributed by atoms with E-state index in [2.05, 4.69) is 14.7 Å². The predicted octanol–water partition coefficient (Wildman–Crippen LogP) is 1.55. The van der Waals surface area contributed by atoms with Gasteiger partial charge in [0, 0.05) is 5.02 Å². The maximum absolute atomic E-state index is 13.7. The number of nitrogens with zero attached hydrogens (tertiary/aromatic N) is 2. The van der Waals surface area contributed by atoms with E-state index < -0.39 is 20.7 Å². The van der Waals surface area contributed by atoms with Crippen molar-refractivity contribution >= 4 is 33.3 Å². The molecule has 3 N–H and O–H groups in total. The summed E-state index contributed by atoms with van der Waals surface area (Å²) in [6.07, 6.45) is 0. The molecule has 7 nitrogen and oxygen atoms in total. The quantitative estimate of drug-likeness (QED) is 0.832. The van der Waals surface area contributed by atoms with Crippen LogP contribution in [0.25, 0.3) is 0 Å². The van der Waals surface area contributed by atoms with Gasteiger partial charge in [-0.05, 0) is 19.1 Å². The molecular formula is C9H8ClFN4O3S. The Kier molecular flexibility index (Phi) is 3.33. The third kappa shape index (κ3) is 2.76. The summed E-state index contributed by atoms with van der Waals surface area (Å²) in [4.78, 5) is 2.94. The van der Waals surface area contributed by atoms with Gasteiger partial charge in [-0.2, -0.15) is 4.98 Å².